The summed E-state index contributed by atoms with van der Waals surface area (Å²) < 4.78 is 5.25. The lowest BCUT2D eigenvalue weighted by Gasteiger charge is -2.11. The van der Waals surface area contributed by atoms with Crippen LogP contribution in [0.25, 0.3) is 32.7 Å². The molecule has 3 heteroatoms. The molecule has 0 bridgehead atoms. The van der Waals surface area contributed by atoms with Crippen LogP contribution in [0.4, 0.5) is 5.69 Å². The van der Waals surface area contributed by atoms with Gasteiger partial charge in [-0.3, -0.25) is 4.99 Å². The molecule has 0 aliphatic rings. The summed E-state index contributed by atoms with van der Waals surface area (Å²) in [7, 11) is 1.66. The maximum atomic E-state index is 6.16. The van der Waals surface area contributed by atoms with Gasteiger partial charge in [-0.2, -0.15) is 0 Å². The largest absolute Gasteiger partial charge is 0.497 e. The minimum atomic E-state index is 0.748. The van der Waals surface area contributed by atoms with Gasteiger partial charge in [0.15, 0.2) is 0 Å². The van der Waals surface area contributed by atoms with Gasteiger partial charge in [0.1, 0.15) is 5.75 Å². The van der Waals surface area contributed by atoms with Gasteiger partial charge in [0.05, 0.1) is 12.8 Å². The summed E-state index contributed by atoms with van der Waals surface area (Å²) in [5.41, 5.74) is 4.28. The fourth-order valence-electron chi connectivity index (χ4n) is 3.88. The zero-order valence-corrected chi connectivity index (χ0v) is 17.8. The van der Waals surface area contributed by atoms with Crippen molar-refractivity contribution in [1.29, 1.82) is 0 Å². The Kier molecular flexibility index (Phi) is 5.15. The molecule has 150 valence electrons. The monoisotopic (exact) mass is 421 g/mol. The average Bonchev–Trinajstić information content (AvgIpc) is 2.82. The highest BCUT2D eigenvalue weighted by Crippen LogP contribution is 2.32. The van der Waals surface area contributed by atoms with Crippen LogP contribution in [-0.4, -0.2) is 13.3 Å². The van der Waals surface area contributed by atoms with Gasteiger partial charge < -0.3 is 4.74 Å². The van der Waals surface area contributed by atoms with Crippen molar-refractivity contribution in [3.63, 3.8) is 0 Å². The highest BCUT2D eigenvalue weighted by atomic mass is 35.5. The molecule has 0 atom stereocenters. The van der Waals surface area contributed by atoms with E-state index >= 15 is 0 Å². The van der Waals surface area contributed by atoms with E-state index in [4.69, 9.17) is 21.3 Å². The van der Waals surface area contributed by atoms with Crippen LogP contribution in [0.5, 0.6) is 5.75 Å². The summed E-state index contributed by atoms with van der Waals surface area (Å²) in [6, 6.07) is 33.0. The topological polar surface area (TPSA) is 21.6 Å². The van der Waals surface area contributed by atoms with Gasteiger partial charge in [0.2, 0.25) is 0 Å². The van der Waals surface area contributed by atoms with Gasteiger partial charge in [-0.05, 0) is 75.1 Å². The summed E-state index contributed by atoms with van der Waals surface area (Å²) in [6.07, 6.45) is 1.96. The molecular weight excluding hydrogens is 402 g/mol. The van der Waals surface area contributed by atoms with Crippen molar-refractivity contribution in [3.8, 4) is 16.9 Å². The molecule has 0 fully saturated rings. The number of nitrogens with zero attached hydrogens (tertiary/aromatic N) is 1. The molecule has 5 rings (SSSR count). The van der Waals surface area contributed by atoms with Crippen LogP contribution in [0.15, 0.2) is 102 Å². The second-order valence-corrected chi connectivity index (χ2v) is 7.85. The number of methoxy groups -OCH3 is 1. The smallest absolute Gasteiger partial charge is 0.119 e. The van der Waals surface area contributed by atoms with Crippen molar-refractivity contribution in [2.45, 2.75) is 0 Å². The minimum Gasteiger partial charge on any atom is -0.497 e. The van der Waals surface area contributed by atoms with Gasteiger partial charge in [0.25, 0.3) is 0 Å². The molecule has 0 saturated heterocycles. The van der Waals surface area contributed by atoms with E-state index in [-0.39, 0.29) is 0 Å². The Morgan fingerprint density at radius 3 is 2.32 bits per heavy atom. The van der Waals surface area contributed by atoms with E-state index in [9.17, 15) is 0 Å². The lowest BCUT2D eigenvalue weighted by atomic mass is 9.93. The number of hydrogen-bond acceptors (Lipinski definition) is 2. The van der Waals surface area contributed by atoms with Crippen LogP contribution in [0, 0.1) is 0 Å². The first-order valence-corrected chi connectivity index (χ1v) is 10.5. The highest BCUT2D eigenvalue weighted by molar-refractivity contribution is 6.31. The molecule has 0 heterocycles. The summed E-state index contributed by atoms with van der Waals surface area (Å²) in [5, 5.41) is 5.40. The standard InChI is InChI=1S/C28H20ClNO/c1-31-25-13-11-24(12-14-25)30-18-28-26-5-3-2-4-19(26)9-15-27(28)22-7-6-21-17-23(29)10-8-20(21)16-22/h2-18H,1H3. The molecule has 0 aliphatic heterocycles. The number of halogens is 1. The molecule has 0 aliphatic carbocycles. The van der Waals surface area contributed by atoms with E-state index in [1.54, 1.807) is 7.11 Å². The summed E-state index contributed by atoms with van der Waals surface area (Å²) in [4.78, 5) is 4.76. The second kappa shape index (κ2) is 8.25. The van der Waals surface area contributed by atoms with E-state index < -0.39 is 0 Å². The molecule has 0 radical (unpaired) electrons. The van der Waals surface area contributed by atoms with Crippen molar-refractivity contribution in [1.82, 2.24) is 0 Å². The maximum Gasteiger partial charge on any atom is 0.119 e. The van der Waals surface area contributed by atoms with E-state index in [0.29, 0.717) is 0 Å². The summed E-state index contributed by atoms with van der Waals surface area (Å²) in [6.45, 7) is 0. The summed E-state index contributed by atoms with van der Waals surface area (Å²) in [5.74, 6) is 0.820. The average molecular weight is 422 g/mol. The second-order valence-electron chi connectivity index (χ2n) is 7.41. The molecule has 5 aromatic carbocycles. The lowest BCUT2D eigenvalue weighted by Crippen LogP contribution is -1.91. The van der Waals surface area contributed by atoms with Crippen LogP contribution < -0.4 is 4.74 Å². The maximum absolute atomic E-state index is 6.16. The van der Waals surface area contributed by atoms with Gasteiger partial charge in [-0.15, -0.1) is 0 Å². The van der Waals surface area contributed by atoms with Gasteiger partial charge >= 0.3 is 0 Å². The third-order valence-corrected chi connectivity index (χ3v) is 5.73. The molecule has 0 saturated carbocycles. The Balaban J connectivity index is 1.66. The van der Waals surface area contributed by atoms with Crippen molar-refractivity contribution >= 4 is 45.0 Å². The molecule has 5 aromatic rings. The Labute approximate surface area is 186 Å². The zero-order chi connectivity index (χ0) is 21.2. The molecule has 2 nitrogen and oxygen atoms in total. The SMILES string of the molecule is COc1ccc(N=Cc2c(-c3ccc4cc(Cl)ccc4c3)ccc3ccccc23)cc1. The predicted molar refractivity (Wildman–Crippen MR) is 132 cm³/mol. The minimum absolute atomic E-state index is 0.748. The first-order valence-electron chi connectivity index (χ1n) is 10.1. The van der Waals surface area contributed by atoms with Gasteiger partial charge in [-0.25, -0.2) is 0 Å². The number of benzene rings is 5. The Morgan fingerprint density at radius 2 is 1.48 bits per heavy atom. The van der Waals surface area contributed by atoms with Gasteiger partial charge in [0, 0.05) is 16.8 Å². The van der Waals surface area contributed by atoms with Crippen LogP contribution >= 0.6 is 11.6 Å². The molecule has 31 heavy (non-hydrogen) atoms. The molecule has 0 aromatic heterocycles. The first-order chi connectivity index (χ1) is 15.2. The number of aliphatic imine (C=N–C) groups is 1. The third kappa shape index (κ3) is 3.90. The van der Waals surface area contributed by atoms with Crippen LogP contribution in [0.3, 0.4) is 0 Å². The number of fused-ring (bicyclic) bond motifs is 2. The quantitative estimate of drug-likeness (QED) is 0.269. The molecule has 0 amide bonds. The normalized spacial score (nSPS) is 11.4. The lowest BCUT2D eigenvalue weighted by molar-refractivity contribution is 0.415. The van der Waals surface area contributed by atoms with Gasteiger partial charge in [-0.1, -0.05) is 66.2 Å². The predicted octanol–water partition coefficient (Wildman–Crippen LogP) is 8.07. The molecular formula is C28H20ClNO. The molecule has 0 spiro atoms. The molecule has 0 N–H and O–H groups in total. The van der Waals surface area contributed by atoms with Crippen molar-refractivity contribution in [3.05, 3.63) is 108 Å². The van der Waals surface area contributed by atoms with Crippen LogP contribution in [0.1, 0.15) is 5.56 Å². The zero-order valence-electron chi connectivity index (χ0n) is 17.0. The Hall–Kier alpha value is -3.62. The van der Waals surface area contributed by atoms with E-state index in [1.807, 2.05) is 42.6 Å². The van der Waals surface area contributed by atoms with E-state index in [0.717, 1.165) is 43.9 Å². The Bertz CT molecular complexity index is 1420. The van der Waals surface area contributed by atoms with E-state index in [2.05, 4.69) is 60.7 Å². The fraction of sp³-hybridized carbons (Fsp3) is 0.0357. The third-order valence-electron chi connectivity index (χ3n) is 5.50. The number of rotatable bonds is 4. The first kappa shape index (κ1) is 19.3. The van der Waals surface area contributed by atoms with Crippen LogP contribution in [-0.2, 0) is 0 Å². The highest BCUT2D eigenvalue weighted by Gasteiger charge is 2.09. The van der Waals surface area contributed by atoms with Crippen molar-refractivity contribution < 1.29 is 4.74 Å². The fourth-order valence-corrected chi connectivity index (χ4v) is 4.06. The molecule has 0 unspecified atom stereocenters. The number of ether oxygens (including phenoxy) is 1. The van der Waals surface area contributed by atoms with E-state index in [1.165, 1.54) is 10.8 Å². The summed E-state index contributed by atoms with van der Waals surface area (Å²) >= 11 is 6.16. The number of hydrogen-bond donors (Lipinski definition) is 0. The van der Waals surface area contributed by atoms with Crippen LogP contribution in [0.2, 0.25) is 5.02 Å². The van der Waals surface area contributed by atoms with Crippen molar-refractivity contribution in [2.75, 3.05) is 7.11 Å². The Morgan fingerprint density at radius 1 is 0.742 bits per heavy atom. The van der Waals surface area contributed by atoms with Crippen molar-refractivity contribution in [2.24, 2.45) is 4.99 Å².